The molecule has 0 radical (unpaired) electrons. The minimum Gasteiger partial charge on any atom is -0.465 e. The fraction of sp³-hybridized carbons (Fsp3) is 0.111. The lowest BCUT2D eigenvalue weighted by molar-refractivity contribution is 0.0948. The second kappa shape index (κ2) is 3.71. The molecule has 1 aromatic rings. The van der Waals surface area contributed by atoms with Crippen molar-refractivity contribution >= 4 is 12.0 Å². The quantitative estimate of drug-likeness (QED) is 0.684. The van der Waals surface area contributed by atoms with Crippen molar-refractivity contribution < 1.29 is 14.7 Å². The van der Waals surface area contributed by atoms with E-state index in [9.17, 15) is 9.59 Å². The summed E-state index contributed by atoms with van der Waals surface area (Å²) in [6, 6.07) is 6.65. The second-order valence-electron chi connectivity index (χ2n) is 2.63. The minimum atomic E-state index is -1.34. The Balaban J connectivity index is 2.78. The summed E-state index contributed by atoms with van der Waals surface area (Å²) in [6.07, 6.45) is -1.34. The molecule has 4 heteroatoms. The number of nitrogens with one attached hydrogen (secondary N) is 1. The fourth-order valence-corrected chi connectivity index (χ4v) is 0.874. The maximum absolute atomic E-state index is 11.1. The summed E-state index contributed by atoms with van der Waals surface area (Å²) < 4.78 is 0. The van der Waals surface area contributed by atoms with E-state index in [1.54, 1.807) is 29.6 Å². The van der Waals surface area contributed by atoms with Gasteiger partial charge in [0.15, 0.2) is 0 Å². The van der Waals surface area contributed by atoms with Crippen LogP contribution in [0.1, 0.15) is 15.9 Å². The molecule has 2 amide bonds. The van der Waals surface area contributed by atoms with E-state index in [4.69, 9.17) is 5.11 Å². The molecule has 0 aliphatic carbocycles. The number of rotatable bonds is 1. The number of aryl methyl sites for hydroxylation is 1. The van der Waals surface area contributed by atoms with Crippen molar-refractivity contribution in [2.24, 2.45) is 0 Å². The van der Waals surface area contributed by atoms with Gasteiger partial charge in [-0.1, -0.05) is 17.7 Å². The summed E-state index contributed by atoms with van der Waals surface area (Å²) in [4.78, 5) is 21.2. The Hall–Kier alpha value is -1.84. The third-order valence-electron chi connectivity index (χ3n) is 1.53. The monoisotopic (exact) mass is 179 g/mol. The molecule has 0 bridgehead atoms. The summed E-state index contributed by atoms with van der Waals surface area (Å²) in [5, 5.41) is 10.0. The van der Waals surface area contributed by atoms with Crippen molar-refractivity contribution in [2.75, 3.05) is 0 Å². The predicted octanol–water partition coefficient (Wildman–Crippen LogP) is 1.40. The van der Waals surface area contributed by atoms with Crippen LogP contribution in [-0.4, -0.2) is 17.1 Å². The Morgan fingerprint density at radius 2 is 1.77 bits per heavy atom. The first kappa shape index (κ1) is 9.25. The highest BCUT2D eigenvalue weighted by atomic mass is 16.4. The fourth-order valence-electron chi connectivity index (χ4n) is 0.874. The third kappa shape index (κ3) is 2.59. The summed E-state index contributed by atoms with van der Waals surface area (Å²) in [5.74, 6) is -0.604. The van der Waals surface area contributed by atoms with Gasteiger partial charge in [-0.25, -0.2) is 4.79 Å². The van der Waals surface area contributed by atoms with Gasteiger partial charge >= 0.3 is 6.09 Å². The van der Waals surface area contributed by atoms with E-state index < -0.39 is 12.0 Å². The van der Waals surface area contributed by atoms with Crippen molar-refractivity contribution in [3.63, 3.8) is 0 Å². The van der Waals surface area contributed by atoms with Crippen LogP contribution in [0.15, 0.2) is 24.3 Å². The van der Waals surface area contributed by atoms with Crippen LogP contribution in [0.5, 0.6) is 0 Å². The van der Waals surface area contributed by atoms with Crippen LogP contribution in [0.3, 0.4) is 0 Å². The SMILES string of the molecule is Cc1ccc(C(=O)NC(=O)O)cc1. The number of hydrogen-bond acceptors (Lipinski definition) is 2. The average molecular weight is 179 g/mol. The zero-order valence-electron chi connectivity index (χ0n) is 7.07. The maximum atomic E-state index is 11.1. The number of imide groups is 1. The van der Waals surface area contributed by atoms with E-state index in [0.29, 0.717) is 5.56 Å². The second-order valence-corrected chi connectivity index (χ2v) is 2.63. The molecule has 0 saturated heterocycles. The molecule has 4 nitrogen and oxygen atoms in total. The van der Waals surface area contributed by atoms with Gasteiger partial charge in [0.25, 0.3) is 5.91 Å². The molecule has 0 saturated carbocycles. The highest BCUT2D eigenvalue weighted by Gasteiger charge is 2.07. The number of hydrogen-bond donors (Lipinski definition) is 2. The van der Waals surface area contributed by atoms with Crippen LogP contribution in [0.4, 0.5) is 4.79 Å². The summed E-state index contributed by atoms with van der Waals surface area (Å²) >= 11 is 0. The Morgan fingerprint density at radius 3 is 2.23 bits per heavy atom. The molecule has 68 valence electrons. The van der Waals surface area contributed by atoms with Crippen LogP contribution >= 0.6 is 0 Å². The molecular formula is C9H9NO3. The molecule has 0 fully saturated rings. The van der Waals surface area contributed by atoms with Crippen LogP contribution in [0, 0.1) is 6.92 Å². The predicted molar refractivity (Wildman–Crippen MR) is 46.7 cm³/mol. The third-order valence-corrected chi connectivity index (χ3v) is 1.53. The van der Waals surface area contributed by atoms with E-state index in [0.717, 1.165) is 5.56 Å². The van der Waals surface area contributed by atoms with Gasteiger partial charge in [0.05, 0.1) is 0 Å². The molecule has 1 aromatic carbocycles. The van der Waals surface area contributed by atoms with Crippen molar-refractivity contribution in [1.29, 1.82) is 0 Å². The normalized spacial score (nSPS) is 9.31. The number of carbonyl (C=O) groups is 2. The van der Waals surface area contributed by atoms with Crippen molar-refractivity contribution in [3.05, 3.63) is 35.4 Å². The molecule has 2 N–H and O–H groups in total. The lowest BCUT2D eigenvalue weighted by Crippen LogP contribution is -2.28. The largest absolute Gasteiger partial charge is 0.465 e. The number of benzene rings is 1. The lowest BCUT2D eigenvalue weighted by Gasteiger charge is -1.99. The Labute approximate surface area is 75.2 Å². The highest BCUT2D eigenvalue weighted by Crippen LogP contribution is 2.02. The topological polar surface area (TPSA) is 66.4 Å². The Bertz CT molecular complexity index is 329. The lowest BCUT2D eigenvalue weighted by atomic mass is 10.1. The van der Waals surface area contributed by atoms with E-state index >= 15 is 0 Å². The van der Waals surface area contributed by atoms with E-state index in [2.05, 4.69) is 0 Å². The van der Waals surface area contributed by atoms with Gasteiger partial charge in [-0.15, -0.1) is 0 Å². The molecule has 0 aliphatic heterocycles. The molecule has 0 aliphatic rings. The molecule has 1 rings (SSSR count). The van der Waals surface area contributed by atoms with Gasteiger partial charge in [0.1, 0.15) is 0 Å². The zero-order chi connectivity index (χ0) is 9.84. The molecule has 0 atom stereocenters. The number of carboxylic acid groups (broad SMARTS) is 1. The highest BCUT2D eigenvalue weighted by molar-refractivity contribution is 6.02. The molecule has 13 heavy (non-hydrogen) atoms. The minimum absolute atomic E-state index is 0.341. The Kier molecular flexibility index (Phi) is 2.64. The van der Waals surface area contributed by atoms with Crippen LogP contribution in [0.2, 0.25) is 0 Å². The van der Waals surface area contributed by atoms with Gasteiger partial charge < -0.3 is 5.11 Å². The molecular weight excluding hydrogens is 170 g/mol. The van der Waals surface area contributed by atoms with E-state index in [1.807, 2.05) is 6.92 Å². The average Bonchev–Trinajstić information content (AvgIpc) is 2.04. The van der Waals surface area contributed by atoms with Gasteiger partial charge in [-0.3, -0.25) is 10.1 Å². The van der Waals surface area contributed by atoms with Gasteiger partial charge in [-0.2, -0.15) is 0 Å². The standard InChI is InChI=1S/C9H9NO3/c1-6-2-4-7(5-3-6)8(11)10-9(12)13/h2-5H,1H3,(H,10,11)(H,12,13). The van der Waals surface area contributed by atoms with E-state index in [-0.39, 0.29) is 0 Å². The van der Waals surface area contributed by atoms with Crippen molar-refractivity contribution in [2.45, 2.75) is 6.92 Å². The first-order chi connectivity index (χ1) is 6.09. The molecule has 0 aromatic heterocycles. The summed E-state index contributed by atoms with van der Waals surface area (Å²) in [7, 11) is 0. The molecule has 0 unspecified atom stereocenters. The van der Waals surface area contributed by atoms with Gasteiger partial charge in [0.2, 0.25) is 0 Å². The first-order valence-electron chi connectivity index (χ1n) is 3.70. The smallest absolute Gasteiger partial charge is 0.411 e. The summed E-state index contributed by atoms with van der Waals surface area (Å²) in [6.45, 7) is 1.89. The number of carbonyl (C=O) groups excluding carboxylic acids is 1. The van der Waals surface area contributed by atoms with Crippen LogP contribution < -0.4 is 5.32 Å². The van der Waals surface area contributed by atoms with Crippen molar-refractivity contribution in [3.8, 4) is 0 Å². The van der Waals surface area contributed by atoms with Crippen LogP contribution in [0.25, 0.3) is 0 Å². The maximum Gasteiger partial charge on any atom is 0.411 e. The summed E-state index contributed by atoms with van der Waals surface area (Å²) in [5.41, 5.74) is 1.36. The van der Waals surface area contributed by atoms with E-state index in [1.165, 1.54) is 0 Å². The van der Waals surface area contributed by atoms with Crippen molar-refractivity contribution in [1.82, 2.24) is 5.32 Å². The first-order valence-corrected chi connectivity index (χ1v) is 3.70. The number of amides is 2. The molecule has 0 spiro atoms. The van der Waals surface area contributed by atoms with Crippen LogP contribution in [-0.2, 0) is 0 Å². The Morgan fingerprint density at radius 1 is 1.23 bits per heavy atom. The van der Waals surface area contributed by atoms with Gasteiger partial charge in [0, 0.05) is 5.56 Å². The van der Waals surface area contributed by atoms with Gasteiger partial charge in [-0.05, 0) is 19.1 Å². The molecule has 0 heterocycles. The zero-order valence-corrected chi connectivity index (χ0v) is 7.07.